The average Bonchev–Trinajstić information content (AvgIpc) is 1.76. The van der Waals surface area contributed by atoms with E-state index in [0.717, 1.165) is 6.42 Å². The van der Waals surface area contributed by atoms with Crippen LogP contribution in [0.25, 0.3) is 0 Å². The van der Waals surface area contributed by atoms with E-state index in [1.54, 1.807) is 0 Å². The van der Waals surface area contributed by atoms with E-state index in [2.05, 4.69) is 12.2 Å². The third kappa shape index (κ3) is 7.41. The summed E-state index contributed by atoms with van der Waals surface area (Å²) in [6.45, 7) is 0. The topological polar surface area (TPSA) is 0 Å². The quantitative estimate of drug-likeness (QED) is 0.597. The number of hydrogen-bond donors (Lipinski definition) is 0. The monoisotopic (exact) mass is 279 g/mol. The van der Waals surface area contributed by atoms with Gasteiger partial charge in [-0.05, 0) is 0 Å². The Hall–Kier alpha value is 1.41. The molecule has 0 saturated carbocycles. The van der Waals surface area contributed by atoms with E-state index in [4.69, 9.17) is 0 Å². The van der Waals surface area contributed by atoms with Crippen molar-refractivity contribution >= 4 is 24.8 Å². The number of halogens is 2. The molecule has 0 radical (unpaired) electrons. The number of rotatable bonds is 0. The second-order valence-electron chi connectivity index (χ2n) is 1.00. The molecule has 1 rings (SSSR count). The Morgan fingerprint density at radius 3 is 2.00 bits per heavy atom. The second-order valence-corrected chi connectivity index (χ2v) is 1.00. The summed E-state index contributed by atoms with van der Waals surface area (Å²) < 4.78 is 0. The molecule has 0 aromatic carbocycles. The van der Waals surface area contributed by atoms with Crippen LogP contribution in [-0.2, 0) is 0 Å². The minimum atomic E-state index is 0. The van der Waals surface area contributed by atoms with E-state index in [9.17, 15) is 0 Å². The summed E-state index contributed by atoms with van der Waals surface area (Å²) in [5.41, 5.74) is 0. The maximum Gasteiger partial charge on any atom is 0 e. The zero-order valence-electron chi connectivity index (χ0n) is 4.26. The van der Waals surface area contributed by atoms with Crippen molar-refractivity contribution in [1.29, 1.82) is 0 Å². The van der Waals surface area contributed by atoms with Crippen LogP contribution in [0.2, 0.25) is 0 Å². The molecule has 3 heteroatoms. The Balaban J connectivity index is -0.0000000833. The summed E-state index contributed by atoms with van der Waals surface area (Å²) in [7, 11) is 0. The first-order valence-corrected chi connectivity index (χ1v) is 1.72. The van der Waals surface area contributed by atoms with E-state index >= 15 is 0 Å². The Morgan fingerprint density at radius 2 is 1.88 bits per heavy atom. The summed E-state index contributed by atoms with van der Waals surface area (Å²) >= 11 is 0. The first kappa shape index (κ1) is 16.2. The van der Waals surface area contributed by atoms with E-state index in [1.165, 1.54) is 0 Å². The molecule has 0 aromatic heterocycles. The van der Waals surface area contributed by atoms with Crippen molar-refractivity contribution in [2.75, 3.05) is 0 Å². The van der Waals surface area contributed by atoms with Crippen molar-refractivity contribution in [3.8, 4) is 0 Å². The first-order chi connectivity index (χ1) is 2.50. The Kier molecular flexibility index (Phi) is 22.8. The number of allylic oxidation sites excluding steroid dienone is 4. The zero-order valence-corrected chi connectivity index (χ0v) is 9.10. The van der Waals surface area contributed by atoms with Gasteiger partial charge >= 0.3 is 0 Å². The van der Waals surface area contributed by atoms with Gasteiger partial charge in [-0.1, -0.05) is 0 Å². The molecule has 0 N–H and O–H groups in total. The van der Waals surface area contributed by atoms with Crippen LogP contribution in [-0.4, -0.2) is 0 Å². The molecule has 0 aromatic rings. The molecule has 0 fully saturated rings. The fourth-order valence-corrected chi connectivity index (χ4v) is 0.340. The molecule has 0 heterocycles. The fraction of sp³-hybridized carbons (Fsp3) is 0.200. The average molecular weight is 282 g/mol. The van der Waals surface area contributed by atoms with Gasteiger partial charge in [0, 0.05) is 40.8 Å². The molecule has 0 saturated heterocycles. The normalized spacial score (nSPS) is 11.0. The Labute approximate surface area is 95.1 Å². The molecule has 1 aliphatic rings. The van der Waals surface area contributed by atoms with Crippen LogP contribution in [0.5, 0.6) is 0 Å². The van der Waals surface area contributed by atoms with Gasteiger partial charge in [-0.15, -0.1) is 31.2 Å². The minimum Gasteiger partial charge on any atom is -0.273 e. The third-order valence-corrected chi connectivity index (χ3v) is 0.586. The van der Waals surface area contributed by atoms with E-state index in [0.29, 0.717) is 0 Å². The van der Waals surface area contributed by atoms with Gasteiger partial charge in [-0.3, -0.25) is 6.08 Å². The summed E-state index contributed by atoms with van der Waals surface area (Å²) in [6.07, 6.45) is 10.0. The van der Waals surface area contributed by atoms with E-state index in [-0.39, 0.29) is 65.7 Å². The van der Waals surface area contributed by atoms with Gasteiger partial charge in [0.15, 0.2) is 0 Å². The van der Waals surface area contributed by atoms with Gasteiger partial charge in [0.05, 0.1) is 0 Å². The van der Waals surface area contributed by atoms with Crippen molar-refractivity contribution in [3.63, 3.8) is 0 Å². The molecule has 8 heavy (non-hydrogen) atoms. The molecule has 0 atom stereocenters. The standard InChI is InChI=1S/C5H5.2ClH.Nd/c1-2-4-5-3-1;;;/h1-3H,4H2;2*1H;/q-1;;;. The van der Waals surface area contributed by atoms with Crippen molar-refractivity contribution in [2.45, 2.75) is 6.42 Å². The molecule has 0 amide bonds. The molecule has 0 bridgehead atoms. The molecule has 46 valence electrons. The third-order valence-electron chi connectivity index (χ3n) is 0.586. The molecule has 1 aliphatic carbocycles. The van der Waals surface area contributed by atoms with Crippen LogP contribution in [0, 0.1) is 46.9 Å². The van der Waals surface area contributed by atoms with E-state index in [1.807, 2.05) is 12.2 Å². The summed E-state index contributed by atoms with van der Waals surface area (Å²) in [4.78, 5) is 0. The molecule has 0 spiro atoms. The Morgan fingerprint density at radius 1 is 1.25 bits per heavy atom. The predicted molar refractivity (Wildman–Crippen MR) is 36.1 cm³/mol. The van der Waals surface area contributed by atoms with Crippen LogP contribution in [0.4, 0.5) is 0 Å². The number of hydrogen-bond acceptors (Lipinski definition) is 0. The molecular formula is C5H7Cl2Nd-. The summed E-state index contributed by atoms with van der Waals surface area (Å²) in [5, 5.41) is 0. The van der Waals surface area contributed by atoms with Gasteiger partial charge in [0.25, 0.3) is 0 Å². The SMILES string of the molecule is Cl.Cl.[C-]1=CC=CC1.[Nd]. The fourth-order valence-electron chi connectivity index (χ4n) is 0.340. The second kappa shape index (κ2) is 11.2. The van der Waals surface area contributed by atoms with Crippen molar-refractivity contribution < 1.29 is 40.8 Å². The van der Waals surface area contributed by atoms with Crippen LogP contribution in [0.1, 0.15) is 6.42 Å². The molecule has 0 aliphatic heterocycles. The van der Waals surface area contributed by atoms with Gasteiger partial charge in [0.1, 0.15) is 0 Å². The summed E-state index contributed by atoms with van der Waals surface area (Å²) in [6, 6.07) is 0. The molecular weight excluding hydrogens is 275 g/mol. The van der Waals surface area contributed by atoms with Crippen LogP contribution in [0.15, 0.2) is 18.2 Å². The van der Waals surface area contributed by atoms with Gasteiger partial charge in [-0.25, -0.2) is 12.2 Å². The smallest absolute Gasteiger partial charge is 0 e. The predicted octanol–water partition coefficient (Wildman–Crippen LogP) is 2.15. The van der Waals surface area contributed by atoms with Gasteiger partial charge in [0.2, 0.25) is 0 Å². The van der Waals surface area contributed by atoms with Crippen LogP contribution < -0.4 is 0 Å². The maximum absolute atomic E-state index is 2.99. The first-order valence-electron chi connectivity index (χ1n) is 1.72. The van der Waals surface area contributed by atoms with E-state index < -0.39 is 0 Å². The minimum absolute atomic E-state index is 0. The Bertz CT molecular complexity index is 68.5. The van der Waals surface area contributed by atoms with Gasteiger partial charge in [-0.2, -0.15) is 6.08 Å². The molecule has 0 unspecified atom stereocenters. The van der Waals surface area contributed by atoms with Crippen molar-refractivity contribution in [1.82, 2.24) is 0 Å². The molecule has 0 nitrogen and oxygen atoms in total. The van der Waals surface area contributed by atoms with Crippen LogP contribution in [0.3, 0.4) is 0 Å². The summed E-state index contributed by atoms with van der Waals surface area (Å²) in [5.74, 6) is 0. The van der Waals surface area contributed by atoms with Crippen LogP contribution >= 0.6 is 24.8 Å². The van der Waals surface area contributed by atoms with Gasteiger partial charge < -0.3 is 0 Å². The largest absolute Gasteiger partial charge is 0.273 e. The van der Waals surface area contributed by atoms with Crippen molar-refractivity contribution in [2.24, 2.45) is 0 Å². The van der Waals surface area contributed by atoms with Crippen molar-refractivity contribution in [3.05, 3.63) is 24.3 Å². The zero-order chi connectivity index (χ0) is 3.54. The maximum atomic E-state index is 2.99.